The van der Waals surface area contributed by atoms with Crippen molar-refractivity contribution in [3.05, 3.63) is 65.2 Å². The normalized spacial score (nSPS) is 20.4. The number of carbonyl (C=O) groups is 3. The van der Waals surface area contributed by atoms with Crippen molar-refractivity contribution in [2.24, 2.45) is 0 Å². The highest BCUT2D eigenvalue weighted by atomic mass is 16.5. The Bertz CT molecular complexity index is 1220. The Morgan fingerprint density at radius 2 is 1.68 bits per heavy atom. The number of nitrogens with zero attached hydrogens (tertiary/aromatic N) is 3. The van der Waals surface area contributed by atoms with Crippen molar-refractivity contribution in [1.29, 1.82) is 0 Å². The number of hydrogen-bond acceptors (Lipinski definition) is 6. The number of anilines is 1. The minimum atomic E-state index is -1.71. The van der Waals surface area contributed by atoms with E-state index in [1.165, 1.54) is 4.90 Å². The van der Waals surface area contributed by atoms with E-state index in [1.807, 2.05) is 45.0 Å². The lowest BCUT2D eigenvalue weighted by atomic mass is 9.82. The molecule has 2 aliphatic heterocycles. The van der Waals surface area contributed by atoms with Gasteiger partial charge in [0.2, 0.25) is 0 Å². The van der Waals surface area contributed by atoms with Crippen LogP contribution in [0, 0.1) is 0 Å². The summed E-state index contributed by atoms with van der Waals surface area (Å²) >= 11 is 0. The van der Waals surface area contributed by atoms with Crippen molar-refractivity contribution >= 4 is 29.0 Å². The van der Waals surface area contributed by atoms with Gasteiger partial charge in [0.1, 0.15) is 11.5 Å². The third-order valence-corrected chi connectivity index (χ3v) is 6.97. The van der Waals surface area contributed by atoms with Gasteiger partial charge in [-0.1, -0.05) is 31.5 Å². The van der Waals surface area contributed by atoms with Crippen LogP contribution in [-0.2, 0) is 19.9 Å². The average molecular weight is 506 g/mol. The van der Waals surface area contributed by atoms with E-state index in [0.29, 0.717) is 48.7 Å². The number of likely N-dealkylation sites (tertiary alicyclic amines) is 1. The van der Waals surface area contributed by atoms with Crippen molar-refractivity contribution in [2.45, 2.75) is 38.6 Å². The first-order valence-electron chi connectivity index (χ1n) is 12.9. The van der Waals surface area contributed by atoms with Gasteiger partial charge >= 0.3 is 0 Å². The summed E-state index contributed by atoms with van der Waals surface area (Å²) in [5, 5.41) is 11.6. The van der Waals surface area contributed by atoms with Crippen LogP contribution in [0.2, 0.25) is 0 Å². The highest BCUT2D eigenvalue weighted by molar-refractivity contribution is 6.50. The van der Waals surface area contributed by atoms with Crippen molar-refractivity contribution in [3.63, 3.8) is 0 Å². The van der Waals surface area contributed by atoms with Gasteiger partial charge in [-0.05, 0) is 70.7 Å². The molecular weight excluding hydrogens is 470 g/mol. The monoisotopic (exact) mass is 505 g/mol. The molecule has 2 heterocycles. The molecule has 1 N–H and O–H groups in total. The standard InChI is InChI=1S/C29H35N3O5/c1-5-7-18-31-23-12-9-8-11-22(23)29(28(31)36)24(25(33)20-13-15-21(16-14-20)37-6-2)26(34)27(35)32(29)19-10-17-30(3)4/h8-9,11-16,33H,5-7,10,17-19H2,1-4H3/t29-/m1/s1. The third kappa shape index (κ3) is 4.39. The number of carbonyl (C=O) groups excluding carboxylic acids is 3. The number of benzene rings is 2. The number of rotatable bonds is 10. The van der Waals surface area contributed by atoms with Gasteiger partial charge < -0.3 is 24.5 Å². The molecule has 196 valence electrons. The zero-order valence-corrected chi connectivity index (χ0v) is 22.0. The van der Waals surface area contributed by atoms with E-state index in [9.17, 15) is 19.5 Å². The molecule has 1 spiro atoms. The minimum absolute atomic E-state index is 0.178. The van der Waals surface area contributed by atoms with E-state index < -0.39 is 17.2 Å². The van der Waals surface area contributed by atoms with Gasteiger partial charge in [-0.3, -0.25) is 14.4 Å². The zero-order chi connectivity index (χ0) is 26.7. The molecule has 0 aliphatic carbocycles. The van der Waals surface area contributed by atoms with Crippen LogP contribution < -0.4 is 9.64 Å². The van der Waals surface area contributed by atoms with E-state index in [2.05, 4.69) is 0 Å². The summed E-state index contributed by atoms with van der Waals surface area (Å²) in [5.41, 5.74) is -0.340. The van der Waals surface area contributed by atoms with Crippen molar-refractivity contribution in [2.75, 3.05) is 45.2 Å². The smallest absolute Gasteiger partial charge is 0.296 e. The first-order valence-corrected chi connectivity index (χ1v) is 12.9. The molecule has 8 heteroatoms. The van der Waals surface area contributed by atoms with Gasteiger partial charge in [-0.15, -0.1) is 0 Å². The number of hydrogen-bond donors (Lipinski definition) is 1. The molecule has 0 saturated carbocycles. The number of para-hydroxylation sites is 1. The lowest BCUT2D eigenvalue weighted by Crippen LogP contribution is -2.52. The van der Waals surface area contributed by atoms with Crippen molar-refractivity contribution < 1.29 is 24.2 Å². The van der Waals surface area contributed by atoms with E-state index in [4.69, 9.17) is 4.74 Å². The molecule has 2 aromatic rings. The van der Waals surface area contributed by atoms with E-state index in [1.54, 1.807) is 41.3 Å². The predicted octanol–water partition coefficient (Wildman–Crippen LogP) is 3.76. The van der Waals surface area contributed by atoms with Crippen molar-refractivity contribution in [1.82, 2.24) is 9.80 Å². The van der Waals surface area contributed by atoms with E-state index in [-0.39, 0.29) is 23.8 Å². The number of ketones is 1. The lowest BCUT2D eigenvalue weighted by molar-refractivity contribution is -0.143. The fraction of sp³-hybridized carbons (Fsp3) is 0.414. The van der Waals surface area contributed by atoms with Crippen LogP contribution >= 0.6 is 0 Å². The van der Waals surface area contributed by atoms with Gasteiger partial charge in [0.05, 0.1) is 17.9 Å². The molecule has 8 nitrogen and oxygen atoms in total. The van der Waals surface area contributed by atoms with Crippen LogP contribution in [0.4, 0.5) is 5.69 Å². The van der Waals surface area contributed by atoms with E-state index >= 15 is 0 Å². The number of Topliss-reactive ketones (excluding diaryl/α,β-unsaturated/α-hetero) is 1. The van der Waals surface area contributed by atoms with Crippen LogP contribution in [-0.4, -0.2) is 72.8 Å². The summed E-state index contributed by atoms with van der Waals surface area (Å²) in [6, 6.07) is 13.9. The van der Waals surface area contributed by atoms with Crippen molar-refractivity contribution in [3.8, 4) is 5.75 Å². The number of fused-ring (bicyclic) bond motifs is 2. The Morgan fingerprint density at radius 3 is 2.32 bits per heavy atom. The summed E-state index contributed by atoms with van der Waals surface area (Å²) in [6.45, 7) is 5.74. The summed E-state index contributed by atoms with van der Waals surface area (Å²) in [7, 11) is 3.86. The Morgan fingerprint density at radius 1 is 0.973 bits per heavy atom. The lowest BCUT2D eigenvalue weighted by Gasteiger charge is -2.34. The highest BCUT2D eigenvalue weighted by Gasteiger charge is 2.66. The van der Waals surface area contributed by atoms with Crippen LogP contribution in [0.3, 0.4) is 0 Å². The maximum Gasteiger partial charge on any atom is 0.296 e. The Kier molecular flexibility index (Phi) is 7.68. The maximum atomic E-state index is 14.4. The number of amides is 2. The van der Waals surface area contributed by atoms with Crippen LogP contribution in [0.15, 0.2) is 54.1 Å². The first kappa shape index (κ1) is 26.4. The largest absolute Gasteiger partial charge is 0.507 e. The summed E-state index contributed by atoms with van der Waals surface area (Å²) in [6.07, 6.45) is 2.21. The highest BCUT2D eigenvalue weighted by Crippen LogP contribution is 2.53. The molecule has 2 aliphatic rings. The third-order valence-electron chi connectivity index (χ3n) is 6.97. The Hall–Kier alpha value is -3.65. The molecule has 1 saturated heterocycles. The first-order chi connectivity index (χ1) is 17.8. The molecule has 0 radical (unpaired) electrons. The quantitative estimate of drug-likeness (QED) is 0.300. The average Bonchev–Trinajstić information content (AvgIpc) is 3.26. The number of unbranched alkanes of at least 4 members (excludes halogenated alkanes) is 1. The van der Waals surface area contributed by atoms with E-state index in [0.717, 1.165) is 12.8 Å². The summed E-state index contributed by atoms with van der Waals surface area (Å²) in [5.74, 6) is -1.75. The topological polar surface area (TPSA) is 90.4 Å². The Balaban J connectivity index is 1.94. The summed E-state index contributed by atoms with van der Waals surface area (Å²) in [4.78, 5) is 46.6. The SMILES string of the molecule is CCCCN1C(=O)[C@]2(C(=C(O)c3ccc(OCC)cc3)C(=O)C(=O)N2CCCN(C)C)c2ccccc21. The van der Waals surface area contributed by atoms with Gasteiger partial charge in [0.15, 0.2) is 5.54 Å². The second kappa shape index (κ2) is 10.8. The fourth-order valence-electron chi connectivity index (χ4n) is 5.27. The molecule has 37 heavy (non-hydrogen) atoms. The number of aliphatic hydroxyl groups excluding tert-OH is 1. The van der Waals surface area contributed by atoms with Gasteiger partial charge in [0, 0.05) is 24.2 Å². The second-order valence-electron chi connectivity index (χ2n) is 9.66. The molecule has 4 rings (SSSR count). The summed E-state index contributed by atoms with van der Waals surface area (Å²) < 4.78 is 5.50. The fourth-order valence-corrected chi connectivity index (χ4v) is 5.27. The van der Waals surface area contributed by atoms with Crippen LogP contribution in [0.5, 0.6) is 5.75 Å². The molecule has 0 aromatic heterocycles. The van der Waals surface area contributed by atoms with Crippen LogP contribution in [0.1, 0.15) is 44.2 Å². The molecule has 0 unspecified atom stereocenters. The maximum absolute atomic E-state index is 14.4. The second-order valence-corrected chi connectivity index (χ2v) is 9.66. The van der Waals surface area contributed by atoms with Gasteiger partial charge in [-0.25, -0.2) is 0 Å². The molecule has 2 amide bonds. The minimum Gasteiger partial charge on any atom is -0.507 e. The van der Waals surface area contributed by atoms with Gasteiger partial charge in [-0.2, -0.15) is 0 Å². The molecule has 1 atom stereocenters. The molecule has 0 bridgehead atoms. The molecule has 2 aromatic carbocycles. The number of ether oxygens (including phenoxy) is 1. The number of aliphatic hydroxyl groups is 1. The molecule has 1 fully saturated rings. The van der Waals surface area contributed by atoms with Gasteiger partial charge in [0.25, 0.3) is 17.6 Å². The van der Waals surface area contributed by atoms with Crippen LogP contribution in [0.25, 0.3) is 5.76 Å². The zero-order valence-electron chi connectivity index (χ0n) is 22.0. The molecular formula is C29H35N3O5. The Labute approximate surface area is 218 Å². The predicted molar refractivity (Wildman–Crippen MR) is 142 cm³/mol.